The van der Waals surface area contributed by atoms with E-state index in [0.717, 1.165) is 22.5 Å². The largest absolute Gasteiger partial charge is 0.497 e. The van der Waals surface area contributed by atoms with E-state index in [4.69, 9.17) is 9.47 Å². The number of amides is 1. The van der Waals surface area contributed by atoms with Crippen molar-refractivity contribution < 1.29 is 14.3 Å². The maximum Gasteiger partial charge on any atom is 0.295 e. The number of carbonyl (C=O) groups excluding carboxylic acids is 1. The summed E-state index contributed by atoms with van der Waals surface area (Å²) >= 11 is 0. The van der Waals surface area contributed by atoms with Gasteiger partial charge in [-0.25, -0.2) is 9.36 Å². The summed E-state index contributed by atoms with van der Waals surface area (Å²) in [5.41, 5.74) is 3.10. The van der Waals surface area contributed by atoms with E-state index >= 15 is 0 Å². The molecule has 0 bridgehead atoms. The number of fused-ring (bicyclic) bond motifs is 1. The van der Waals surface area contributed by atoms with Crippen LogP contribution < -0.4 is 20.3 Å². The highest BCUT2D eigenvalue weighted by molar-refractivity contribution is 5.92. The van der Waals surface area contributed by atoms with E-state index in [1.165, 1.54) is 11.8 Å². The topological polar surface area (TPSA) is 100 Å². The fourth-order valence-corrected chi connectivity index (χ4v) is 3.97. The zero-order valence-electron chi connectivity index (χ0n) is 19.7. The number of hydrogen-bond acceptors (Lipinski definition) is 6. The molecule has 0 atom stereocenters. The van der Waals surface area contributed by atoms with Gasteiger partial charge in [0, 0.05) is 19.0 Å². The van der Waals surface area contributed by atoms with Gasteiger partial charge in [-0.05, 0) is 44.5 Å². The highest BCUT2D eigenvalue weighted by Gasteiger charge is 2.17. The molecule has 0 saturated carbocycles. The lowest BCUT2D eigenvalue weighted by Gasteiger charge is -2.12. The molecule has 9 heteroatoms. The molecule has 0 spiro atoms. The van der Waals surface area contributed by atoms with Gasteiger partial charge in [0.1, 0.15) is 11.5 Å². The van der Waals surface area contributed by atoms with Crippen molar-refractivity contribution in [1.29, 1.82) is 0 Å². The van der Waals surface area contributed by atoms with Crippen molar-refractivity contribution in [2.45, 2.75) is 33.2 Å². The number of para-hydroxylation sites is 1. The van der Waals surface area contributed by atoms with Gasteiger partial charge in [0.05, 0.1) is 42.4 Å². The van der Waals surface area contributed by atoms with E-state index in [2.05, 4.69) is 15.5 Å². The van der Waals surface area contributed by atoms with Gasteiger partial charge in [-0.2, -0.15) is 10.2 Å². The van der Waals surface area contributed by atoms with Crippen molar-refractivity contribution in [2.24, 2.45) is 0 Å². The Morgan fingerprint density at radius 3 is 2.50 bits per heavy atom. The summed E-state index contributed by atoms with van der Waals surface area (Å²) in [5, 5.41) is 12.7. The van der Waals surface area contributed by atoms with Crippen LogP contribution >= 0.6 is 0 Å². The van der Waals surface area contributed by atoms with Crippen molar-refractivity contribution in [2.75, 3.05) is 19.5 Å². The number of nitrogens with one attached hydrogen (secondary N) is 1. The van der Waals surface area contributed by atoms with E-state index in [-0.39, 0.29) is 17.9 Å². The second kappa shape index (κ2) is 9.78. The van der Waals surface area contributed by atoms with Crippen LogP contribution in [0.4, 0.5) is 5.69 Å². The minimum absolute atomic E-state index is 0.193. The smallest absolute Gasteiger partial charge is 0.295 e. The number of nitrogens with zero attached hydrogens (tertiary/aromatic N) is 4. The second-order valence-corrected chi connectivity index (χ2v) is 7.89. The number of aromatic nitrogens is 4. The van der Waals surface area contributed by atoms with Gasteiger partial charge in [0.2, 0.25) is 5.91 Å². The Labute approximate surface area is 196 Å². The summed E-state index contributed by atoms with van der Waals surface area (Å²) in [7, 11) is 3.09. The third-order valence-electron chi connectivity index (χ3n) is 5.64. The quantitative estimate of drug-likeness (QED) is 0.430. The number of hydrogen-bond donors (Lipinski definition) is 1. The van der Waals surface area contributed by atoms with Crippen molar-refractivity contribution in [3.8, 4) is 17.2 Å². The highest BCUT2D eigenvalue weighted by Crippen LogP contribution is 2.29. The summed E-state index contributed by atoms with van der Waals surface area (Å²) in [6, 6.07) is 14.9. The fraction of sp³-hybridized carbons (Fsp3) is 0.280. The number of methoxy groups -OCH3 is 2. The Balaban J connectivity index is 1.50. The van der Waals surface area contributed by atoms with Crippen molar-refractivity contribution in [1.82, 2.24) is 19.6 Å². The zero-order chi connectivity index (χ0) is 24.2. The molecule has 9 nitrogen and oxygen atoms in total. The lowest BCUT2D eigenvalue weighted by atomic mass is 10.2. The molecule has 4 aromatic rings. The molecule has 0 aliphatic rings. The number of aryl methyl sites for hydroxylation is 3. The summed E-state index contributed by atoms with van der Waals surface area (Å²) in [4.78, 5) is 25.6. The van der Waals surface area contributed by atoms with E-state index in [1.54, 1.807) is 30.0 Å². The van der Waals surface area contributed by atoms with Crippen LogP contribution in [0.3, 0.4) is 0 Å². The standard InChI is InChI=1S/C25H27N5O4/c1-16-23-17(2)30(18-9-6-5-7-10-18)28-24(23)25(32)29(27-16)14-8-11-22(31)26-20-15-19(33-3)12-13-21(20)34-4/h5-7,9-10,12-13,15H,8,11,14H2,1-4H3,(H,26,31). The van der Waals surface area contributed by atoms with E-state index in [0.29, 0.717) is 35.7 Å². The molecule has 4 rings (SSSR count). The molecular weight excluding hydrogens is 434 g/mol. The minimum Gasteiger partial charge on any atom is -0.497 e. The Morgan fingerprint density at radius 2 is 1.79 bits per heavy atom. The van der Waals surface area contributed by atoms with Gasteiger partial charge >= 0.3 is 0 Å². The number of ether oxygens (including phenoxy) is 2. The molecule has 176 valence electrons. The van der Waals surface area contributed by atoms with E-state index in [9.17, 15) is 9.59 Å². The first-order valence-electron chi connectivity index (χ1n) is 11.0. The van der Waals surface area contributed by atoms with Crippen LogP contribution in [-0.4, -0.2) is 39.7 Å². The van der Waals surface area contributed by atoms with Crippen LogP contribution in [0.15, 0.2) is 53.3 Å². The third-order valence-corrected chi connectivity index (χ3v) is 5.64. The molecule has 0 aliphatic heterocycles. The number of carbonyl (C=O) groups is 1. The van der Waals surface area contributed by atoms with E-state index < -0.39 is 0 Å². The molecule has 2 aromatic heterocycles. The average molecular weight is 462 g/mol. The molecule has 2 aromatic carbocycles. The van der Waals surface area contributed by atoms with Crippen LogP contribution in [0.25, 0.3) is 16.6 Å². The highest BCUT2D eigenvalue weighted by atomic mass is 16.5. The van der Waals surface area contributed by atoms with Gasteiger partial charge in [-0.3, -0.25) is 9.59 Å². The molecule has 0 fully saturated rings. The van der Waals surface area contributed by atoms with Gasteiger partial charge in [-0.1, -0.05) is 18.2 Å². The normalized spacial score (nSPS) is 10.9. The Bertz CT molecular complexity index is 1390. The average Bonchev–Trinajstić information content (AvgIpc) is 3.20. The first kappa shape index (κ1) is 23.0. The van der Waals surface area contributed by atoms with Gasteiger partial charge in [0.15, 0.2) is 5.52 Å². The van der Waals surface area contributed by atoms with E-state index in [1.807, 2.05) is 44.2 Å². The number of anilines is 1. The van der Waals surface area contributed by atoms with Crippen LogP contribution in [0.1, 0.15) is 24.2 Å². The van der Waals surface area contributed by atoms with Gasteiger partial charge in [0.25, 0.3) is 5.56 Å². The molecule has 0 aliphatic carbocycles. The second-order valence-electron chi connectivity index (χ2n) is 7.89. The maximum absolute atomic E-state index is 13.1. The van der Waals surface area contributed by atoms with Gasteiger partial charge in [-0.15, -0.1) is 0 Å². The Hall–Kier alpha value is -4.14. The predicted molar refractivity (Wildman–Crippen MR) is 130 cm³/mol. The van der Waals surface area contributed by atoms with Crippen molar-refractivity contribution >= 4 is 22.5 Å². The first-order valence-corrected chi connectivity index (χ1v) is 11.0. The lowest BCUT2D eigenvalue weighted by molar-refractivity contribution is -0.116. The van der Waals surface area contributed by atoms with Crippen molar-refractivity contribution in [3.63, 3.8) is 0 Å². The van der Waals surface area contributed by atoms with Crippen LogP contribution in [0.2, 0.25) is 0 Å². The predicted octanol–water partition coefficient (Wildman–Crippen LogP) is 3.64. The molecule has 2 heterocycles. The molecule has 0 unspecified atom stereocenters. The van der Waals surface area contributed by atoms with Crippen molar-refractivity contribution in [3.05, 3.63) is 70.3 Å². The molecular formula is C25H27N5O4. The molecule has 1 amide bonds. The summed E-state index contributed by atoms with van der Waals surface area (Å²) < 4.78 is 13.7. The SMILES string of the molecule is COc1ccc(OC)c(NC(=O)CCCn2nc(C)c3c(C)n(-c4ccccc4)nc3c2=O)c1. The number of rotatable bonds is 8. The summed E-state index contributed by atoms with van der Waals surface area (Å²) in [6.07, 6.45) is 0.650. The summed E-state index contributed by atoms with van der Waals surface area (Å²) in [5.74, 6) is 0.958. The van der Waals surface area contributed by atoms with Gasteiger partial charge < -0.3 is 14.8 Å². The summed E-state index contributed by atoms with van der Waals surface area (Å²) in [6.45, 7) is 4.09. The molecule has 0 saturated heterocycles. The Kier molecular flexibility index (Phi) is 6.62. The third kappa shape index (κ3) is 4.50. The first-order chi connectivity index (χ1) is 16.4. The fourth-order valence-electron chi connectivity index (χ4n) is 3.97. The van der Waals surface area contributed by atoms with Crippen LogP contribution in [-0.2, 0) is 11.3 Å². The maximum atomic E-state index is 13.1. The van der Waals surface area contributed by atoms with Crippen LogP contribution in [0.5, 0.6) is 11.5 Å². The lowest BCUT2D eigenvalue weighted by Crippen LogP contribution is -2.25. The Morgan fingerprint density at radius 1 is 1.03 bits per heavy atom. The number of benzene rings is 2. The minimum atomic E-state index is -0.270. The monoisotopic (exact) mass is 461 g/mol. The molecule has 0 radical (unpaired) electrons. The molecule has 34 heavy (non-hydrogen) atoms. The molecule has 1 N–H and O–H groups in total. The zero-order valence-corrected chi connectivity index (χ0v) is 19.7. The van der Waals surface area contributed by atoms with Crippen LogP contribution in [0, 0.1) is 13.8 Å².